The van der Waals surface area contributed by atoms with E-state index in [1.165, 1.54) is 0 Å². The van der Waals surface area contributed by atoms with E-state index in [0.29, 0.717) is 0 Å². The predicted molar refractivity (Wildman–Crippen MR) is 58.8 cm³/mol. The molecule has 0 atom stereocenters. The molecule has 1 rings (SSSR count). The van der Waals surface area contributed by atoms with Crippen LogP contribution >= 0.6 is 22.6 Å². The zero-order chi connectivity index (χ0) is 9.90. The molecule has 0 spiro atoms. The van der Waals surface area contributed by atoms with E-state index >= 15 is 0 Å². The number of rotatable bonds is 3. The lowest BCUT2D eigenvalue weighted by molar-refractivity contribution is 0.311. The minimum absolute atomic E-state index is 0.107. The van der Waals surface area contributed by atoms with E-state index in [0.717, 1.165) is 15.4 Å². The van der Waals surface area contributed by atoms with Gasteiger partial charge in [-0.25, -0.2) is 0 Å². The fourth-order valence-electron chi connectivity index (χ4n) is 0.802. The molecule has 0 aliphatic heterocycles. The Morgan fingerprint density at radius 2 is 2.15 bits per heavy atom. The summed E-state index contributed by atoms with van der Waals surface area (Å²) in [5, 5.41) is 0. The van der Waals surface area contributed by atoms with Gasteiger partial charge in [-0.15, -0.1) is 0 Å². The third-order valence-electron chi connectivity index (χ3n) is 1.33. The molecule has 5 heteroatoms. The maximum Gasteiger partial charge on any atom is 0.264 e. The molecule has 0 unspecified atom stereocenters. The Morgan fingerprint density at radius 1 is 1.46 bits per heavy atom. The molecule has 0 aliphatic rings. The summed E-state index contributed by atoms with van der Waals surface area (Å²) < 4.78 is 27.0. The van der Waals surface area contributed by atoms with Crippen LogP contribution in [0, 0.1) is 3.57 Å². The fourth-order valence-corrected chi connectivity index (χ4v) is 1.76. The maximum absolute atomic E-state index is 10.7. The quantitative estimate of drug-likeness (QED) is 0.631. The fraction of sp³-hybridized carbons (Fsp3) is 0.250. The van der Waals surface area contributed by atoms with Crippen molar-refractivity contribution in [2.45, 2.75) is 6.61 Å². The second-order valence-corrected chi connectivity index (χ2v) is 5.49. The number of benzene rings is 1. The molecular formula is C8H9IO3S. The second kappa shape index (κ2) is 4.39. The maximum atomic E-state index is 10.7. The molecule has 0 amide bonds. The van der Waals surface area contributed by atoms with Crippen LogP contribution in [0.1, 0.15) is 5.56 Å². The van der Waals surface area contributed by atoms with Crippen LogP contribution in [0.2, 0.25) is 0 Å². The molecule has 0 fully saturated rings. The van der Waals surface area contributed by atoms with Crippen molar-refractivity contribution in [1.29, 1.82) is 0 Å². The van der Waals surface area contributed by atoms with Gasteiger partial charge in [-0.3, -0.25) is 4.18 Å². The lowest BCUT2D eigenvalue weighted by Crippen LogP contribution is -2.02. The summed E-state index contributed by atoms with van der Waals surface area (Å²) >= 11 is 2.16. The largest absolute Gasteiger partial charge is 0.265 e. The SMILES string of the molecule is CS(=O)(=O)OCc1cccc(I)c1. The first-order valence-corrected chi connectivity index (χ1v) is 6.46. The van der Waals surface area contributed by atoms with Gasteiger partial charge in [-0.2, -0.15) is 8.42 Å². The van der Waals surface area contributed by atoms with E-state index in [9.17, 15) is 8.42 Å². The summed E-state index contributed by atoms with van der Waals surface area (Å²) in [5.74, 6) is 0. The first-order chi connectivity index (χ1) is 5.97. The third kappa shape index (κ3) is 4.58. The van der Waals surface area contributed by atoms with E-state index in [-0.39, 0.29) is 6.61 Å². The Hall–Kier alpha value is -0.140. The van der Waals surface area contributed by atoms with Gasteiger partial charge in [0.25, 0.3) is 10.1 Å². The van der Waals surface area contributed by atoms with Crippen LogP contribution in [0.25, 0.3) is 0 Å². The molecule has 0 saturated carbocycles. The average molecular weight is 312 g/mol. The summed E-state index contributed by atoms with van der Waals surface area (Å²) in [6.07, 6.45) is 1.04. The Morgan fingerprint density at radius 3 is 2.69 bits per heavy atom. The molecule has 0 bridgehead atoms. The van der Waals surface area contributed by atoms with Gasteiger partial charge in [-0.1, -0.05) is 12.1 Å². The molecular weight excluding hydrogens is 303 g/mol. The van der Waals surface area contributed by atoms with Crippen molar-refractivity contribution in [3.63, 3.8) is 0 Å². The van der Waals surface area contributed by atoms with E-state index in [1.54, 1.807) is 0 Å². The monoisotopic (exact) mass is 312 g/mol. The second-order valence-electron chi connectivity index (χ2n) is 2.60. The van der Waals surface area contributed by atoms with Crippen LogP contribution in [-0.4, -0.2) is 14.7 Å². The molecule has 3 nitrogen and oxygen atoms in total. The number of hydrogen-bond acceptors (Lipinski definition) is 3. The molecule has 72 valence electrons. The summed E-state index contributed by atoms with van der Waals surface area (Å²) in [6.45, 7) is 0.107. The van der Waals surface area contributed by atoms with Gasteiger partial charge >= 0.3 is 0 Å². The summed E-state index contributed by atoms with van der Waals surface area (Å²) in [5.41, 5.74) is 0.859. The molecule has 0 radical (unpaired) electrons. The summed E-state index contributed by atoms with van der Waals surface area (Å²) in [7, 11) is -3.34. The van der Waals surface area contributed by atoms with Crippen molar-refractivity contribution in [1.82, 2.24) is 0 Å². The predicted octanol–water partition coefficient (Wildman–Crippen LogP) is 1.77. The molecule has 0 saturated heterocycles. The smallest absolute Gasteiger partial charge is 0.264 e. The zero-order valence-electron chi connectivity index (χ0n) is 7.03. The number of hydrogen-bond donors (Lipinski definition) is 0. The highest BCUT2D eigenvalue weighted by Crippen LogP contribution is 2.09. The van der Waals surface area contributed by atoms with Crippen molar-refractivity contribution < 1.29 is 12.6 Å². The van der Waals surface area contributed by atoms with Crippen LogP contribution in [0.15, 0.2) is 24.3 Å². The van der Waals surface area contributed by atoms with Gasteiger partial charge in [0, 0.05) is 3.57 Å². The molecule has 0 aromatic heterocycles. The molecule has 0 aliphatic carbocycles. The first-order valence-electron chi connectivity index (χ1n) is 3.56. The van der Waals surface area contributed by atoms with Crippen molar-refractivity contribution in [2.75, 3.05) is 6.26 Å². The Bertz CT molecular complexity index is 386. The molecule has 1 aromatic rings. The normalized spacial score (nSPS) is 11.5. The van der Waals surface area contributed by atoms with Crippen molar-refractivity contribution in [3.05, 3.63) is 33.4 Å². The van der Waals surface area contributed by atoms with Crippen molar-refractivity contribution >= 4 is 32.7 Å². The van der Waals surface area contributed by atoms with E-state index in [4.69, 9.17) is 0 Å². The van der Waals surface area contributed by atoms with Gasteiger partial charge in [0.1, 0.15) is 0 Å². The van der Waals surface area contributed by atoms with E-state index in [2.05, 4.69) is 26.8 Å². The molecule has 0 heterocycles. The first kappa shape index (κ1) is 10.9. The van der Waals surface area contributed by atoms with Gasteiger partial charge < -0.3 is 0 Å². The van der Waals surface area contributed by atoms with Gasteiger partial charge in [0.05, 0.1) is 12.9 Å². The standard InChI is InChI=1S/C8H9IO3S/c1-13(10,11)12-6-7-3-2-4-8(9)5-7/h2-5H,6H2,1H3. The summed E-state index contributed by atoms with van der Waals surface area (Å²) in [6, 6.07) is 7.51. The van der Waals surface area contributed by atoms with Gasteiger partial charge in [0.15, 0.2) is 0 Å². The topological polar surface area (TPSA) is 43.4 Å². The van der Waals surface area contributed by atoms with Crippen molar-refractivity contribution in [2.24, 2.45) is 0 Å². The Balaban J connectivity index is 2.65. The highest BCUT2D eigenvalue weighted by molar-refractivity contribution is 14.1. The summed E-state index contributed by atoms with van der Waals surface area (Å²) in [4.78, 5) is 0. The lowest BCUT2D eigenvalue weighted by Gasteiger charge is -2.01. The minimum atomic E-state index is -3.34. The van der Waals surface area contributed by atoms with Crippen molar-refractivity contribution in [3.8, 4) is 0 Å². The number of halogens is 1. The van der Waals surface area contributed by atoms with Gasteiger partial charge in [-0.05, 0) is 40.3 Å². The van der Waals surface area contributed by atoms with Crippen LogP contribution in [0.4, 0.5) is 0 Å². The third-order valence-corrected chi connectivity index (χ3v) is 2.55. The van der Waals surface area contributed by atoms with Gasteiger partial charge in [0.2, 0.25) is 0 Å². The van der Waals surface area contributed by atoms with Crippen LogP contribution < -0.4 is 0 Å². The Kier molecular flexibility index (Phi) is 3.69. The molecule has 13 heavy (non-hydrogen) atoms. The molecule has 0 N–H and O–H groups in total. The van der Waals surface area contributed by atoms with E-state index < -0.39 is 10.1 Å². The molecule has 1 aromatic carbocycles. The van der Waals surface area contributed by atoms with Crippen LogP contribution in [-0.2, 0) is 20.9 Å². The zero-order valence-corrected chi connectivity index (χ0v) is 10.0. The van der Waals surface area contributed by atoms with Crippen LogP contribution in [0.3, 0.4) is 0 Å². The Labute approximate surface area is 91.4 Å². The highest BCUT2D eigenvalue weighted by atomic mass is 127. The van der Waals surface area contributed by atoms with E-state index in [1.807, 2.05) is 24.3 Å². The lowest BCUT2D eigenvalue weighted by atomic mass is 10.2. The van der Waals surface area contributed by atoms with Crippen LogP contribution in [0.5, 0.6) is 0 Å². The highest BCUT2D eigenvalue weighted by Gasteiger charge is 2.02. The average Bonchev–Trinajstić information content (AvgIpc) is 2.00. The minimum Gasteiger partial charge on any atom is -0.265 e.